The van der Waals surface area contributed by atoms with Crippen LogP contribution < -0.4 is 108 Å². The Balaban J connectivity index is 1.38. The molecular weight excluding hydrogens is 1270 g/mol. The number of aliphatic imine (C=N–C) groups is 1. The number of rotatable bonds is 46. The summed E-state index contributed by atoms with van der Waals surface area (Å²) in [6.45, 7) is 15.5. The Hall–Kier alpha value is -8.97. The lowest BCUT2D eigenvalue weighted by molar-refractivity contribution is -0.118. The normalized spacial score (nSPS) is 14.0. The van der Waals surface area contributed by atoms with Gasteiger partial charge in [-0.3, -0.25) is 9.79 Å². The Kier molecular flexibility index (Phi) is 38.6. The van der Waals surface area contributed by atoms with Gasteiger partial charge in [-0.25, -0.2) is 33.6 Å². The second kappa shape index (κ2) is 46.3. The predicted octanol–water partition coefficient (Wildman–Crippen LogP) is 3.55. The molecule has 0 fully saturated rings. The molecule has 31 heteroatoms. The van der Waals surface area contributed by atoms with E-state index in [1.165, 1.54) is 0 Å². The molecule has 554 valence electrons. The minimum Gasteiger partial charge on any atom is -0.370 e. The highest BCUT2D eigenvalue weighted by Gasteiger charge is 2.25. The van der Waals surface area contributed by atoms with Gasteiger partial charge in [0.05, 0.1) is 36.8 Å². The first kappa shape index (κ1) is 82.5. The molecule has 4 aromatic rings. The number of amides is 15. The smallest absolute Gasteiger partial charge is 0.315 e. The van der Waals surface area contributed by atoms with Crippen molar-refractivity contribution in [2.24, 2.45) is 45.5 Å². The van der Waals surface area contributed by atoms with Gasteiger partial charge in [-0.05, 0) is 133 Å². The van der Waals surface area contributed by atoms with Crippen molar-refractivity contribution in [1.82, 2.24) is 89.7 Å². The lowest BCUT2D eigenvalue weighted by Crippen LogP contribution is -2.56. The van der Waals surface area contributed by atoms with Crippen LogP contribution >= 0.6 is 0 Å². The summed E-state index contributed by atoms with van der Waals surface area (Å²) in [6, 6.07) is 8.59. The van der Waals surface area contributed by atoms with Crippen molar-refractivity contribution in [3.05, 3.63) is 72.1 Å². The van der Waals surface area contributed by atoms with E-state index >= 15 is 0 Å². The van der Waals surface area contributed by atoms with Crippen LogP contribution in [0.3, 0.4) is 0 Å². The zero-order valence-corrected chi connectivity index (χ0v) is 59.4. The summed E-state index contributed by atoms with van der Waals surface area (Å²) in [5.41, 5.74) is 32.8. The number of primary amides is 1. The molecule has 0 saturated carbocycles. The average Bonchev–Trinajstić information content (AvgIpc) is 1.71. The fourth-order valence-corrected chi connectivity index (χ4v) is 11.2. The summed E-state index contributed by atoms with van der Waals surface area (Å²) in [7, 11) is 0. The number of nitrogens with zero attached hydrogens (tertiary/aromatic N) is 1. The number of urea groups is 7. The second-order valence-electron chi connectivity index (χ2n) is 26.4. The van der Waals surface area contributed by atoms with Crippen molar-refractivity contribution in [2.45, 2.75) is 199 Å². The highest BCUT2D eigenvalue weighted by Crippen LogP contribution is 2.21. The average molecular weight is 1390 g/mol. The Morgan fingerprint density at radius 1 is 0.414 bits per heavy atom. The highest BCUT2D eigenvalue weighted by atomic mass is 16.2. The molecule has 0 bridgehead atoms. The SMILES string of the molecule is CCC[C@H](CCC(N)=O)NC(N)=NC[C@H](CCCCN)NC(=O)NC[C@H](Cc1c[nH]c2ccccc12)NC(=O)NC[C@H](CCCCN)NC(=O)NC[C@H](NC(=O)NC[C@H](Cc1c[nH]c2ccccc12)NC(=O)NC[C@H](CCCCN)NC(=O)NC[C@H](NC(=O)NC(C)C)C(C)C)C(C)C. The Morgan fingerprint density at radius 3 is 1.19 bits per heavy atom. The third-order valence-corrected chi connectivity index (χ3v) is 16.9. The number of benzene rings is 2. The molecule has 0 aliphatic carbocycles. The number of carbonyl (C=O) groups excluding carboxylic acids is 8. The van der Waals surface area contributed by atoms with E-state index in [-0.39, 0.29) is 94.2 Å². The number of hydrogen-bond donors (Lipinski definition) is 22. The number of hydrogen-bond acceptors (Lipinski definition) is 12. The Labute approximate surface area is 583 Å². The molecule has 0 spiro atoms. The van der Waals surface area contributed by atoms with E-state index < -0.39 is 78.3 Å². The molecule has 31 nitrogen and oxygen atoms in total. The van der Waals surface area contributed by atoms with Crippen LogP contribution in [0.5, 0.6) is 0 Å². The predicted molar refractivity (Wildman–Crippen MR) is 392 cm³/mol. The number of unbranched alkanes of at least 4 members (excludes halogenated alkanes) is 3. The molecule has 4 rings (SSSR count). The van der Waals surface area contributed by atoms with Crippen LogP contribution in [-0.4, -0.2) is 184 Å². The highest BCUT2D eigenvalue weighted by molar-refractivity contribution is 5.85. The molecule has 2 heterocycles. The van der Waals surface area contributed by atoms with Crippen molar-refractivity contribution < 1.29 is 38.4 Å². The Morgan fingerprint density at radius 2 is 0.788 bits per heavy atom. The van der Waals surface area contributed by atoms with Crippen LogP contribution in [0, 0.1) is 11.8 Å². The molecule has 0 saturated heterocycles. The third kappa shape index (κ3) is 33.9. The topological polar surface area (TPSA) is 491 Å². The van der Waals surface area contributed by atoms with E-state index in [0.29, 0.717) is 83.8 Å². The number of para-hydroxylation sites is 2. The summed E-state index contributed by atoms with van der Waals surface area (Å²) in [5, 5.41) is 46.4. The minimum absolute atomic E-state index is 0.0175. The van der Waals surface area contributed by atoms with Gasteiger partial charge < -0.3 is 118 Å². The fraction of sp³-hybridized carbons (Fsp3) is 0.632. The maximum absolute atomic E-state index is 13.9. The van der Waals surface area contributed by atoms with Gasteiger partial charge >= 0.3 is 42.2 Å². The first-order valence-electron chi connectivity index (χ1n) is 35.4. The minimum atomic E-state index is -0.610. The third-order valence-electron chi connectivity index (χ3n) is 16.9. The van der Waals surface area contributed by atoms with Crippen molar-refractivity contribution >= 4 is 75.9 Å². The molecule has 2 aromatic heterocycles. The van der Waals surface area contributed by atoms with Gasteiger partial charge in [0.15, 0.2) is 5.96 Å². The van der Waals surface area contributed by atoms with Crippen LogP contribution in [0.2, 0.25) is 0 Å². The maximum atomic E-state index is 13.9. The van der Waals surface area contributed by atoms with E-state index in [1.54, 1.807) is 0 Å². The van der Waals surface area contributed by atoms with Crippen molar-refractivity contribution in [3.8, 4) is 0 Å². The van der Waals surface area contributed by atoms with E-state index in [2.05, 4.69) is 94.7 Å². The van der Waals surface area contributed by atoms with Gasteiger partial charge in [0.1, 0.15) is 0 Å². The number of fused-ring (bicyclic) bond motifs is 2. The van der Waals surface area contributed by atoms with Crippen LogP contribution in [0.25, 0.3) is 21.8 Å². The van der Waals surface area contributed by atoms with E-state index in [1.807, 2.05) is 109 Å². The van der Waals surface area contributed by atoms with Gasteiger partial charge in [-0.1, -0.05) is 96.7 Å². The summed E-state index contributed by atoms with van der Waals surface area (Å²) in [5.74, 6) is -0.319. The maximum Gasteiger partial charge on any atom is 0.315 e. The monoisotopic (exact) mass is 1390 g/mol. The molecule has 0 radical (unpaired) electrons. The van der Waals surface area contributed by atoms with Crippen molar-refractivity contribution in [1.29, 1.82) is 0 Å². The number of aromatic amines is 2. The number of carbonyl (C=O) groups is 8. The van der Waals surface area contributed by atoms with Gasteiger partial charge in [0.25, 0.3) is 0 Å². The van der Waals surface area contributed by atoms with Crippen molar-refractivity contribution in [2.75, 3.05) is 65.4 Å². The summed E-state index contributed by atoms with van der Waals surface area (Å²) < 4.78 is 0. The number of nitrogens with two attached hydrogens (primary N) is 5. The molecule has 2 aromatic carbocycles. The standard InChI is InChI=1S/C68H119N23O8/c1-8-19-48(27-28-60(72)92)84-61(73)76-36-49(20-13-16-29-69)85-62(93)79-39-52(32-46-34-74-56-25-11-9-23-54(46)56)88-63(94)77-37-50(21-14-17-30-70)86-65(96)81-41-58(43(2)3)90-67(98)80-40-53(33-47-35-75-57-26-12-10-24-55(47)57)89-64(95)78-38-51(22-15-18-31-71)87-66(97)82-42-59(44(4)5)91-68(99)83-45(6)7/h9-12,23-26,34-35,43-45,48-53,58-59,74-75H,8,13-22,27-33,36-42,69-71H2,1-7H3,(H2,72,92)(H3,73,76,84)(H2,77,88,94)(H2,78,89,95)(H2,79,85,93)(H2,80,90,98)(H2,81,86,96)(H2,82,87,97)(H2,83,91,99)/t48-,49+,50+,51+,52+,53+,58+,59+/m1/s1. The van der Waals surface area contributed by atoms with Gasteiger partial charge in [0, 0.05) is 104 Å². The number of guanidine groups is 1. The van der Waals surface area contributed by atoms with Gasteiger partial charge in [0.2, 0.25) is 5.91 Å². The van der Waals surface area contributed by atoms with Crippen LogP contribution in [0.15, 0.2) is 65.9 Å². The lowest BCUT2D eigenvalue weighted by Gasteiger charge is -2.26. The molecule has 0 unspecified atom stereocenters. The molecular formula is C68H119N23O8. The number of nitrogens with one attached hydrogen (secondary N) is 17. The molecule has 27 N–H and O–H groups in total. The van der Waals surface area contributed by atoms with E-state index in [4.69, 9.17) is 28.7 Å². The molecule has 8 atom stereocenters. The second-order valence-corrected chi connectivity index (χ2v) is 26.4. The largest absolute Gasteiger partial charge is 0.370 e. The summed E-state index contributed by atoms with van der Waals surface area (Å²) in [4.78, 5) is 117. The molecule has 99 heavy (non-hydrogen) atoms. The van der Waals surface area contributed by atoms with Crippen LogP contribution in [0.4, 0.5) is 33.6 Å². The van der Waals surface area contributed by atoms with E-state index in [0.717, 1.165) is 58.6 Å². The molecule has 15 amide bonds. The van der Waals surface area contributed by atoms with Crippen molar-refractivity contribution in [3.63, 3.8) is 0 Å². The summed E-state index contributed by atoms with van der Waals surface area (Å²) >= 11 is 0. The quantitative estimate of drug-likeness (QED) is 0.0171. The van der Waals surface area contributed by atoms with Gasteiger partial charge in [-0.15, -0.1) is 0 Å². The zero-order valence-electron chi connectivity index (χ0n) is 59.4. The number of aromatic nitrogens is 2. The number of H-pyrrole nitrogens is 2. The fourth-order valence-electron chi connectivity index (χ4n) is 11.2. The first-order chi connectivity index (χ1) is 47.5. The zero-order chi connectivity index (χ0) is 72.5. The Bertz CT molecular complexity index is 3080. The van der Waals surface area contributed by atoms with Crippen LogP contribution in [0.1, 0.15) is 143 Å². The molecule has 0 aliphatic rings. The van der Waals surface area contributed by atoms with E-state index in [9.17, 15) is 38.4 Å². The first-order valence-corrected chi connectivity index (χ1v) is 35.4. The van der Waals surface area contributed by atoms with Crippen LogP contribution in [-0.2, 0) is 17.6 Å². The van der Waals surface area contributed by atoms with Gasteiger partial charge in [-0.2, -0.15) is 0 Å². The molecule has 0 aliphatic heterocycles. The lowest BCUT2D eigenvalue weighted by atomic mass is 10.0. The summed E-state index contributed by atoms with van der Waals surface area (Å²) in [6.07, 6.45) is 12.6.